The molecule has 0 bridgehead atoms. The molecule has 4 rings (SSSR count). The van der Waals surface area contributed by atoms with Crippen LogP contribution in [0.1, 0.15) is 23.0 Å². The molecule has 1 N–H and O–H groups in total. The van der Waals surface area contributed by atoms with E-state index in [1.54, 1.807) is 12.4 Å². The lowest BCUT2D eigenvalue weighted by Crippen LogP contribution is -2.23. The molecule has 0 aliphatic rings. The number of hydrogen-bond acceptors (Lipinski definition) is 4. The van der Waals surface area contributed by atoms with E-state index in [-0.39, 0.29) is 5.91 Å². The van der Waals surface area contributed by atoms with E-state index < -0.39 is 0 Å². The van der Waals surface area contributed by atoms with Crippen molar-refractivity contribution in [2.45, 2.75) is 20.0 Å². The molecule has 1 aromatic carbocycles. The Balaban J connectivity index is 1.57. The number of pyridine rings is 1. The Morgan fingerprint density at radius 3 is 2.81 bits per heavy atom. The van der Waals surface area contributed by atoms with E-state index in [0.29, 0.717) is 12.2 Å². The van der Waals surface area contributed by atoms with Crippen molar-refractivity contribution in [3.05, 3.63) is 71.5 Å². The third kappa shape index (κ3) is 3.11. The van der Waals surface area contributed by atoms with Crippen molar-refractivity contribution in [1.29, 1.82) is 0 Å². The van der Waals surface area contributed by atoms with Gasteiger partial charge < -0.3 is 9.88 Å². The predicted octanol–water partition coefficient (Wildman–Crippen LogP) is 4.11. The van der Waals surface area contributed by atoms with Gasteiger partial charge in [-0.05, 0) is 36.8 Å². The Hall–Kier alpha value is -2.99. The van der Waals surface area contributed by atoms with Crippen LogP contribution in [0.2, 0.25) is 0 Å². The van der Waals surface area contributed by atoms with Gasteiger partial charge in [0.25, 0.3) is 5.91 Å². The summed E-state index contributed by atoms with van der Waals surface area (Å²) in [5.41, 5.74) is 3.69. The second kappa shape index (κ2) is 7.09. The fourth-order valence-corrected chi connectivity index (χ4v) is 3.82. The first-order valence-corrected chi connectivity index (χ1v) is 9.35. The molecule has 3 heterocycles. The maximum absolute atomic E-state index is 12.4. The van der Waals surface area contributed by atoms with Crippen LogP contribution in [0.25, 0.3) is 21.6 Å². The molecule has 26 heavy (non-hydrogen) atoms. The van der Waals surface area contributed by atoms with Gasteiger partial charge in [0, 0.05) is 41.8 Å². The summed E-state index contributed by atoms with van der Waals surface area (Å²) in [5, 5.41) is 6.76. The Kier molecular flexibility index (Phi) is 4.50. The lowest BCUT2D eigenvalue weighted by Gasteiger charge is -2.05. The van der Waals surface area contributed by atoms with Crippen molar-refractivity contribution >= 4 is 28.1 Å². The molecule has 0 radical (unpaired) electrons. The van der Waals surface area contributed by atoms with Gasteiger partial charge in [-0.1, -0.05) is 18.2 Å². The minimum Gasteiger partial charge on any atom is -0.347 e. The summed E-state index contributed by atoms with van der Waals surface area (Å²) in [7, 11) is 0. The van der Waals surface area contributed by atoms with E-state index in [2.05, 4.69) is 45.0 Å². The van der Waals surface area contributed by atoms with E-state index in [9.17, 15) is 4.79 Å². The lowest BCUT2D eigenvalue weighted by molar-refractivity contribution is 0.0946. The van der Waals surface area contributed by atoms with E-state index in [0.717, 1.165) is 22.8 Å². The van der Waals surface area contributed by atoms with Crippen LogP contribution in [0.3, 0.4) is 0 Å². The molecule has 0 saturated heterocycles. The van der Waals surface area contributed by atoms with Gasteiger partial charge >= 0.3 is 0 Å². The van der Waals surface area contributed by atoms with Gasteiger partial charge in [0.1, 0.15) is 10.7 Å². The summed E-state index contributed by atoms with van der Waals surface area (Å²) in [6.07, 6.45) is 3.43. The molecule has 0 saturated carbocycles. The third-order valence-corrected chi connectivity index (χ3v) is 5.15. The van der Waals surface area contributed by atoms with Gasteiger partial charge in [-0.3, -0.25) is 9.78 Å². The predicted molar refractivity (Wildman–Crippen MR) is 104 cm³/mol. The molecule has 0 aliphatic heterocycles. The molecular formula is C20H18N4OS. The Morgan fingerprint density at radius 2 is 2.00 bits per heavy atom. The van der Waals surface area contributed by atoms with Gasteiger partial charge in [0.2, 0.25) is 0 Å². The number of aryl methyl sites for hydroxylation is 1. The molecule has 130 valence electrons. The van der Waals surface area contributed by atoms with Crippen LogP contribution in [0.15, 0.2) is 60.2 Å². The van der Waals surface area contributed by atoms with Crippen LogP contribution >= 0.6 is 11.3 Å². The highest BCUT2D eigenvalue weighted by molar-refractivity contribution is 7.13. The molecular weight excluding hydrogens is 344 g/mol. The van der Waals surface area contributed by atoms with Crippen molar-refractivity contribution < 1.29 is 4.79 Å². The zero-order chi connectivity index (χ0) is 17.9. The summed E-state index contributed by atoms with van der Waals surface area (Å²) >= 11 is 1.49. The highest BCUT2D eigenvalue weighted by Crippen LogP contribution is 2.30. The number of carbonyl (C=O) groups excluding carboxylic acids is 1. The Labute approximate surface area is 155 Å². The van der Waals surface area contributed by atoms with Crippen molar-refractivity contribution in [1.82, 2.24) is 19.9 Å². The number of rotatable bonds is 5. The average Bonchev–Trinajstić information content (AvgIpc) is 3.31. The van der Waals surface area contributed by atoms with Gasteiger partial charge in [-0.15, -0.1) is 11.3 Å². The normalized spacial score (nSPS) is 11.0. The van der Waals surface area contributed by atoms with Gasteiger partial charge in [-0.2, -0.15) is 0 Å². The summed E-state index contributed by atoms with van der Waals surface area (Å²) in [4.78, 5) is 20.9. The van der Waals surface area contributed by atoms with Gasteiger partial charge in [-0.25, -0.2) is 4.98 Å². The first-order valence-electron chi connectivity index (χ1n) is 8.47. The first kappa shape index (κ1) is 16.5. The molecule has 5 nitrogen and oxygen atoms in total. The Bertz CT molecular complexity index is 1050. The molecule has 0 fully saturated rings. The fourth-order valence-electron chi connectivity index (χ4n) is 3.00. The highest BCUT2D eigenvalue weighted by Gasteiger charge is 2.15. The number of fused-ring (bicyclic) bond motifs is 1. The summed E-state index contributed by atoms with van der Waals surface area (Å²) in [5.74, 6) is -0.163. The SMILES string of the molecule is CCn1c(-c2nc(C(=O)NCc3ccncc3)cs2)cc2ccccc21. The second-order valence-corrected chi connectivity index (χ2v) is 6.77. The van der Waals surface area contributed by atoms with Crippen LogP contribution in [-0.4, -0.2) is 20.4 Å². The monoisotopic (exact) mass is 362 g/mol. The second-order valence-electron chi connectivity index (χ2n) is 5.91. The van der Waals surface area contributed by atoms with Crippen LogP contribution in [-0.2, 0) is 13.1 Å². The molecule has 1 amide bonds. The van der Waals surface area contributed by atoms with Gasteiger partial charge in [0.05, 0.1) is 5.69 Å². The van der Waals surface area contributed by atoms with E-state index >= 15 is 0 Å². The maximum Gasteiger partial charge on any atom is 0.271 e. The average molecular weight is 362 g/mol. The zero-order valence-corrected chi connectivity index (χ0v) is 15.2. The minimum absolute atomic E-state index is 0.163. The first-order chi connectivity index (χ1) is 12.8. The third-order valence-electron chi connectivity index (χ3n) is 4.29. The van der Waals surface area contributed by atoms with E-state index in [1.165, 1.54) is 22.2 Å². The highest BCUT2D eigenvalue weighted by atomic mass is 32.1. The summed E-state index contributed by atoms with van der Waals surface area (Å²) < 4.78 is 2.23. The molecule has 4 aromatic rings. The van der Waals surface area contributed by atoms with Crippen molar-refractivity contribution in [2.75, 3.05) is 0 Å². The van der Waals surface area contributed by atoms with Crippen molar-refractivity contribution in [2.24, 2.45) is 0 Å². The quantitative estimate of drug-likeness (QED) is 0.581. The molecule has 0 spiro atoms. The molecule has 6 heteroatoms. The fraction of sp³-hybridized carbons (Fsp3) is 0.150. The number of amides is 1. The standard InChI is InChI=1S/C20H18N4OS/c1-2-24-17-6-4-3-5-15(17)11-18(24)20-23-16(13-26-20)19(25)22-12-14-7-9-21-10-8-14/h3-11,13H,2,12H2,1H3,(H,22,25). The number of hydrogen-bond donors (Lipinski definition) is 1. The van der Waals surface area contributed by atoms with Crippen molar-refractivity contribution in [3.8, 4) is 10.7 Å². The van der Waals surface area contributed by atoms with E-state index in [1.807, 2.05) is 29.6 Å². The Morgan fingerprint density at radius 1 is 1.19 bits per heavy atom. The topological polar surface area (TPSA) is 59.8 Å². The maximum atomic E-state index is 12.4. The number of aromatic nitrogens is 3. The zero-order valence-electron chi connectivity index (χ0n) is 14.3. The summed E-state index contributed by atoms with van der Waals surface area (Å²) in [6, 6.07) is 14.2. The van der Waals surface area contributed by atoms with Crippen LogP contribution < -0.4 is 5.32 Å². The number of nitrogens with one attached hydrogen (secondary N) is 1. The van der Waals surface area contributed by atoms with Crippen molar-refractivity contribution in [3.63, 3.8) is 0 Å². The minimum atomic E-state index is -0.163. The van der Waals surface area contributed by atoms with Crippen LogP contribution in [0, 0.1) is 0 Å². The van der Waals surface area contributed by atoms with E-state index in [4.69, 9.17) is 0 Å². The number of thiazole rings is 1. The number of nitrogens with zero attached hydrogens (tertiary/aromatic N) is 3. The molecule has 0 aliphatic carbocycles. The summed E-state index contributed by atoms with van der Waals surface area (Å²) in [6.45, 7) is 3.43. The smallest absolute Gasteiger partial charge is 0.271 e. The lowest BCUT2D eigenvalue weighted by atomic mass is 10.2. The van der Waals surface area contributed by atoms with Crippen LogP contribution in [0.5, 0.6) is 0 Å². The number of para-hydroxylation sites is 1. The molecule has 3 aromatic heterocycles. The van der Waals surface area contributed by atoms with Crippen LogP contribution in [0.4, 0.5) is 0 Å². The molecule has 0 atom stereocenters. The molecule has 0 unspecified atom stereocenters. The van der Waals surface area contributed by atoms with Gasteiger partial charge in [0.15, 0.2) is 0 Å². The number of carbonyl (C=O) groups is 1. The number of benzene rings is 1. The largest absolute Gasteiger partial charge is 0.347 e.